The molecule has 0 unspecified atom stereocenters. The van der Waals surface area contributed by atoms with Crippen molar-refractivity contribution in [3.05, 3.63) is 83.9 Å². The predicted octanol–water partition coefficient (Wildman–Crippen LogP) is 5.23. The van der Waals surface area contributed by atoms with Gasteiger partial charge in [0.25, 0.3) is 0 Å². The van der Waals surface area contributed by atoms with Gasteiger partial charge in [0, 0.05) is 36.6 Å². The monoisotopic (exact) mass is 514 g/mol. The van der Waals surface area contributed by atoms with E-state index in [1.165, 1.54) is 0 Å². The van der Waals surface area contributed by atoms with Crippen LogP contribution in [0.5, 0.6) is 23.0 Å². The van der Waals surface area contributed by atoms with Crippen molar-refractivity contribution in [1.82, 2.24) is 0 Å². The minimum atomic E-state index is -0.0377. The summed E-state index contributed by atoms with van der Waals surface area (Å²) in [6, 6.07) is 23.4. The van der Waals surface area contributed by atoms with Crippen molar-refractivity contribution in [2.75, 3.05) is 38.3 Å². The van der Waals surface area contributed by atoms with E-state index in [1.54, 1.807) is 0 Å². The second-order valence-corrected chi connectivity index (χ2v) is 8.63. The van der Waals surface area contributed by atoms with E-state index in [0.29, 0.717) is 11.5 Å². The van der Waals surface area contributed by atoms with E-state index in [1.807, 2.05) is 86.9 Å². The number of hydrogen-bond donors (Lipinski definition) is 4. The number of aliphatic hydroxyl groups is 2. The fourth-order valence-electron chi connectivity index (χ4n) is 4.60. The first-order valence-electron chi connectivity index (χ1n) is 12.3. The third-order valence-electron chi connectivity index (χ3n) is 6.51. The van der Waals surface area contributed by atoms with Crippen LogP contribution in [0.2, 0.25) is 0 Å². The molecule has 0 aromatic heterocycles. The van der Waals surface area contributed by atoms with E-state index in [9.17, 15) is 10.2 Å². The van der Waals surface area contributed by atoms with Gasteiger partial charge in [-0.05, 0) is 58.7 Å². The molecule has 2 aliphatic rings. The lowest BCUT2D eigenvalue weighted by Crippen LogP contribution is -1.95. The molecule has 2 aliphatic heterocycles. The molecule has 0 aliphatic carbocycles. The summed E-state index contributed by atoms with van der Waals surface area (Å²) in [7, 11) is 3.76. The Kier molecular flexibility index (Phi) is 7.53. The SMILES string of the molecule is CNc1ccccc1-c1cc2c(cc1CO)OCO2.CNc1ccccc1-c1cc2c(cc1CO)OCO2. The highest BCUT2D eigenvalue weighted by molar-refractivity contribution is 5.82. The molecular formula is C30H30N2O6. The van der Waals surface area contributed by atoms with Crippen LogP contribution in [0.1, 0.15) is 11.1 Å². The number of aliphatic hydroxyl groups excluding tert-OH is 2. The standard InChI is InChI=1S/2C15H15NO3/c2*1-16-13-5-3-2-4-11(13)12-7-15-14(18-9-19-15)6-10(12)8-17/h2*2-7,16-17H,8-9H2,1H3. The van der Waals surface area contributed by atoms with Crippen LogP contribution >= 0.6 is 0 Å². The number of benzene rings is 4. The second-order valence-electron chi connectivity index (χ2n) is 8.63. The summed E-state index contributed by atoms with van der Waals surface area (Å²) < 4.78 is 21.5. The molecule has 0 saturated carbocycles. The van der Waals surface area contributed by atoms with Gasteiger partial charge in [-0.25, -0.2) is 0 Å². The molecule has 38 heavy (non-hydrogen) atoms. The Labute approximate surface area is 221 Å². The molecule has 0 atom stereocenters. The summed E-state index contributed by atoms with van der Waals surface area (Å²) in [4.78, 5) is 0. The van der Waals surface area contributed by atoms with Crippen LogP contribution in [-0.4, -0.2) is 37.9 Å². The normalized spacial score (nSPS) is 12.5. The van der Waals surface area contributed by atoms with Gasteiger partial charge >= 0.3 is 0 Å². The highest BCUT2D eigenvalue weighted by Crippen LogP contribution is 2.42. The number of ether oxygens (including phenoxy) is 4. The molecule has 0 saturated heterocycles. The number of anilines is 2. The summed E-state index contributed by atoms with van der Waals surface area (Å²) in [6.07, 6.45) is 0. The third kappa shape index (κ3) is 4.91. The maximum atomic E-state index is 9.56. The van der Waals surface area contributed by atoms with Crippen molar-refractivity contribution in [3.8, 4) is 45.3 Å². The number of hydrogen-bond acceptors (Lipinski definition) is 8. The van der Waals surface area contributed by atoms with Crippen molar-refractivity contribution < 1.29 is 29.2 Å². The van der Waals surface area contributed by atoms with E-state index in [-0.39, 0.29) is 26.8 Å². The van der Waals surface area contributed by atoms with Gasteiger partial charge in [0.05, 0.1) is 13.2 Å². The van der Waals surface area contributed by atoms with E-state index >= 15 is 0 Å². The van der Waals surface area contributed by atoms with Gasteiger partial charge in [0.1, 0.15) is 0 Å². The van der Waals surface area contributed by atoms with Gasteiger partial charge < -0.3 is 39.8 Å². The Morgan fingerprint density at radius 2 is 0.921 bits per heavy atom. The smallest absolute Gasteiger partial charge is 0.231 e. The number of fused-ring (bicyclic) bond motifs is 2. The summed E-state index contributed by atoms with van der Waals surface area (Å²) >= 11 is 0. The number of rotatable bonds is 6. The highest BCUT2D eigenvalue weighted by Gasteiger charge is 2.20. The van der Waals surface area contributed by atoms with E-state index < -0.39 is 0 Å². The summed E-state index contributed by atoms with van der Waals surface area (Å²) in [5.41, 5.74) is 7.65. The first kappa shape index (κ1) is 25.3. The van der Waals surface area contributed by atoms with Gasteiger partial charge in [0.2, 0.25) is 13.6 Å². The van der Waals surface area contributed by atoms with Crippen LogP contribution in [-0.2, 0) is 13.2 Å². The van der Waals surface area contributed by atoms with Gasteiger partial charge in [-0.3, -0.25) is 0 Å². The molecule has 8 nitrogen and oxygen atoms in total. The van der Waals surface area contributed by atoms with Crippen molar-refractivity contribution in [2.45, 2.75) is 13.2 Å². The Morgan fingerprint density at radius 1 is 0.553 bits per heavy atom. The van der Waals surface area contributed by atoms with Crippen LogP contribution in [0.25, 0.3) is 22.3 Å². The first-order valence-corrected chi connectivity index (χ1v) is 12.3. The molecule has 0 bridgehead atoms. The van der Waals surface area contributed by atoms with Crippen LogP contribution in [0.4, 0.5) is 11.4 Å². The van der Waals surface area contributed by atoms with E-state index in [0.717, 1.165) is 56.3 Å². The average molecular weight is 515 g/mol. The predicted molar refractivity (Wildman–Crippen MR) is 147 cm³/mol. The summed E-state index contributed by atoms with van der Waals surface area (Å²) in [5, 5.41) is 25.4. The Hall–Kier alpha value is -4.40. The topological polar surface area (TPSA) is 101 Å². The molecule has 0 fully saturated rings. The van der Waals surface area contributed by atoms with Crippen LogP contribution in [0.15, 0.2) is 72.8 Å². The lowest BCUT2D eigenvalue weighted by molar-refractivity contribution is 0.173. The molecule has 0 radical (unpaired) electrons. The van der Waals surface area contributed by atoms with Gasteiger partial charge in [-0.1, -0.05) is 36.4 Å². The van der Waals surface area contributed by atoms with Gasteiger partial charge in [0.15, 0.2) is 23.0 Å². The molecular weight excluding hydrogens is 484 g/mol. The second kappa shape index (κ2) is 11.3. The third-order valence-corrected chi connectivity index (χ3v) is 6.51. The molecule has 8 heteroatoms. The minimum absolute atomic E-state index is 0.0377. The van der Waals surface area contributed by atoms with Crippen LogP contribution in [0.3, 0.4) is 0 Å². The average Bonchev–Trinajstić information content (AvgIpc) is 3.64. The number of para-hydroxylation sites is 2. The fraction of sp³-hybridized carbons (Fsp3) is 0.200. The van der Waals surface area contributed by atoms with Gasteiger partial charge in [-0.15, -0.1) is 0 Å². The minimum Gasteiger partial charge on any atom is -0.454 e. The molecule has 4 aromatic rings. The van der Waals surface area contributed by atoms with Crippen molar-refractivity contribution in [2.24, 2.45) is 0 Å². The first-order chi connectivity index (χ1) is 18.7. The zero-order valence-corrected chi connectivity index (χ0v) is 21.3. The van der Waals surface area contributed by atoms with Crippen molar-refractivity contribution in [3.63, 3.8) is 0 Å². The Morgan fingerprint density at radius 3 is 1.29 bits per heavy atom. The van der Waals surface area contributed by atoms with Gasteiger partial charge in [-0.2, -0.15) is 0 Å². The van der Waals surface area contributed by atoms with Crippen LogP contribution < -0.4 is 29.6 Å². The largest absolute Gasteiger partial charge is 0.454 e. The Balaban J connectivity index is 0.000000155. The van der Waals surface area contributed by atoms with Crippen molar-refractivity contribution in [1.29, 1.82) is 0 Å². The molecule has 4 aromatic carbocycles. The maximum absolute atomic E-state index is 9.56. The highest BCUT2D eigenvalue weighted by atomic mass is 16.7. The lowest BCUT2D eigenvalue weighted by Gasteiger charge is -2.13. The zero-order chi connectivity index (χ0) is 26.5. The van der Waals surface area contributed by atoms with E-state index in [2.05, 4.69) is 10.6 Å². The number of nitrogens with one attached hydrogen (secondary N) is 2. The lowest BCUT2D eigenvalue weighted by atomic mass is 9.97. The molecule has 2 heterocycles. The molecule has 4 N–H and O–H groups in total. The maximum Gasteiger partial charge on any atom is 0.231 e. The molecule has 0 amide bonds. The summed E-state index contributed by atoms with van der Waals surface area (Å²) in [6.45, 7) is 0.392. The van der Waals surface area contributed by atoms with Crippen molar-refractivity contribution >= 4 is 11.4 Å². The fourth-order valence-corrected chi connectivity index (χ4v) is 4.60. The van der Waals surface area contributed by atoms with Crippen LogP contribution in [0, 0.1) is 0 Å². The molecule has 196 valence electrons. The summed E-state index contributed by atoms with van der Waals surface area (Å²) in [5.74, 6) is 2.82. The Bertz CT molecular complexity index is 1330. The zero-order valence-electron chi connectivity index (χ0n) is 21.3. The van der Waals surface area contributed by atoms with E-state index in [4.69, 9.17) is 18.9 Å². The molecule has 6 rings (SSSR count). The molecule has 0 spiro atoms. The quantitative estimate of drug-likeness (QED) is 0.277.